The molecule has 0 radical (unpaired) electrons. The molecular weight excluding hydrogens is 160 g/mol. The van der Waals surface area contributed by atoms with Gasteiger partial charge in [-0.1, -0.05) is 0 Å². The van der Waals surface area contributed by atoms with Crippen LogP contribution in [0.15, 0.2) is 0 Å². The minimum atomic E-state index is -0.148. The van der Waals surface area contributed by atoms with E-state index in [1.54, 1.807) is 0 Å². The highest BCUT2D eigenvalue weighted by atomic mass is 16.7. The van der Waals surface area contributed by atoms with E-state index in [9.17, 15) is 0 Å². The van der Waals surface area contributed by atoms with Gasteiger partial charge in [0.2, 0.25) is 0 Å². The monoisotopic (exact) mass is 174 g/mol. The van der Waals surface area contributed by atoms with Gasteiger partial charge in [-0.15, -0.1) is 0 Å². The lowest BCUT2D eigenvalue weighted by molar-refractivity contribution is -0.102. The summed E-state index contributed by atoms with van der Waals surface area (Å²) in [6.45, 7) is 2.09. The highest BCUT2D eigenvalue weighted by Crippen LogP contribution is 2.25. The minimum Gasteiger partial charge on any atom is -0.394 e. The lowest BCUT2D eigenvalue weighted by atomic mass is 10.1. The summed E-state index contributed by atoms with van der Waals surface area (Å²) in [5, 5.41) is 8.79. The second kappa shape index (κ2) is 3.70. The summed E-state index contributed by atoms with van der Waals surface area (Å²) in [4.78, 5) is 0. The number of rotatable bonds is 2. The van der Waals surface area contributed by atoms with Crippen LogP contribution in [0.25, 0.3) is 0 Å². The van der Waals surface area contributed by atoms with Crippen LogP contribution < -0.4 is 0 Å². The van der Waals surface area contributed by atoms with Crippen LogP contribution in [0, 0.1) is 5.92 Å². The smallest absolute Gasteiger partial charge is 0.163 e. The highest BCUT2D eigenvalue weighted by Gasteiger charge is 2.34. The fourth-order valence-electron chi connectivity index (χ4n) is 1.58. The molecule has 0 saturated carbocycles. The third-order valence-corrected chi connectivity index (χ3v) is 2.33. The zero-order valence-electron chi connectivity index (χ0n) is 6.94. The minimum absolute atomic E-state index is 0.0457. The molecule has 2 rings (SSSR count). The normalized spacial score (nSPS) is 42.2. The van der Waals surface area contributed by atoms with Gasteiger partial charge in [-0.3, -0.25) is 0 Å². The Labute approximate surface area is 71.4 Å². The van der Waals surface area contributed by atoms with Gasteiger partial charge < -0.3 is 19.3 Å². The first-order valence-electron chi connectivity index (χ1n) is 4.36. The van der Waals surface area contributed by atoms with Crippen molar-refractivity contribution in [3.63, 3.8) is 0 Å². The molecule has 0 aromatic carbocycles. The fourth-order valence-corrected chi connectivity index (χ4v) is 1.58. The van der Waals surface area contributed by atoms with Gasteiger partial charge in [-0.2, -0.15) is 0 Å². The first kappa shape index (κ1) is 8.44. The molecule has 0 aromatic rings. The summed E-state index contributed by atoms with van der Waals surface area (Å²) in [6.07, 6.45) is 0.725. The molecule has 0 amide bonds. The van der Waals surface area contributed by atoms with Crippen LogP contribution in [0.4, 0.5) is 0 Å². The third kappa shape index (κ3) is 1.61. The SMILES string of the molecule is OCC1COC(C2CCOC2)O1. The fraction of sp³-hybridized carbons (Fsp3) is 1.00. The number of hydrogen-bond donors (Lipinski definition) is 1. The van der Waals surface area contributed by atoms with Gasteiger partial charge in [0.1, 0.15) is 6.10 Å². The first-order valence-corrected chi connectivity index (χ1v) is 4.36. The standard InChI is InChI=1S/C8H14O4/c9-3-7-5-11-8(12-7)6-1-2-10-4-6/h6-9H,1-5H2. The van der Waals surface area contributed by atoms with Gasteiger partial charge in [0.15, 0.2) is 6.29 Å². The Balaban J connectivity index is 1.81. The van der Waals surface area contributed by atoms with Crippen molar-refractivity contribution in [2.75, 3.05) is 26.4 Å². The first-order chi connectivity index (χ1) is 5.90. The molecule has 70 valence electrons. The molecule has 3 atom stereocenters. The van der Waals surface area contributed by atoms with E-state index in [1.807, 2.05) is 0 Å². The molecule has 0 aromatic heterocycles. The second-order valence-corrected chi connectivity index (χ2v) is 3.27. The Morgan fingerprint density at radius 2 is 2.25 bits per heavy atom. The van der Waals surface area contributed by atoms with E-state index >= 15 is 0 Å². The van der Waals surface area contributed by atoms with Gasteiger partial charge in [-0.05, 0) is 6.42 Å². The molecule has 3 unspecified atom stereocenters. The number of ether oxygens (including phenoxy) is 3. The van der Waals surface area contributed by atoms with Crippen LogP contribution in [0.5, 0.6) is 0 Å². The average Bonchev–Trinajstić information content (AvgIpc) is 2.75. The maximum atomic E-state index is 8.79. The van der Waals surface area contributed by atoms with Crippen LogP contribution in [-0.2, 0) is 14.2 Å². The van der Waals surface area contributed by atoms with Crippen molar-refractivity contribution < 1.29 is 19.3 Å². The van der Waals surface area contributed by atoms with E-state index in [2.05, 4.69) is 0 Å². The Morgan fingerprint density at radius 3 is 2.83 bits per heavy atom. The number of aliphatic hydroxyl groups is 1. The molecule has 4 heteroatoms. The molecule has 2 saturated heterocycles. The maximum Gasteiger partial charge on any atom is 0.163 e. The van der Waals surface area contributed by atoms with Crippen molar-refractivity contribution in [2.45, 2.75) is 18.8 Å². The maximum absolute atomic E-state index is 8.79. The van der Waals surface area contributed by atoms with Crippen molar-refractivity contribution in [2.24, 2.45) is 5.92 Å². The van der Waals surface area contributed by atoms with Gasteiger partial charge in [0, 0.05) is 12.5 Å². The van der Waals surface area contributed by atoms with Crippen molar-refractivity contribution in [3.8, 4) is 0 Å². The molecule has 2 heterocycles. The average molecular weight is 174 g/mol. The molecule has 0 bridgehead atoms. The second-order valence-electron chi connectivity index (χ2n) is 3.27. The predicted octanol–water partition coefficient (Wildman–Crippen LogP) is -0.243. The summed E-state index contributed by atoms with van der Waals surface area (Å²) in [7, 11) is 0. The van der Waals surface area contributed by atoms with Crippen LogP contribution >= 0.6 is 0 Å². The lowest BCUT2D eigenvalue weighted by Crippen LogP contribution is -2.23. The van der Waals surface area contributed by atoms with Crippen LogP contribution in [-0.4, -0.2) is 43.9 Å². The summed E-state index contributed by atoms with van der Waals surface area (Å²) in [5.41, 5.74) is 0. The molecule has 4 nitrogen and oxygen atoms in total. The lowest BCUT2D eigenvalue weighted by Gasteiger charge is -2.15. The van der Waals surface area contributed by atoms with Crippen molar-refractivity contribution in [3.05, 3.63) is 0 Å². The van der Waals surface area contributed by atoms with E-state index in [-0.39, 0.29) is 19.0 Å². The predicted molar refractivity (Wildman–Crippen MR) is 40.6 cm³/mol. The van der Waals surface area contributed by atoms with Crippen LogP contribution in [0.1, 0.15) is 6.42 Å². The molecule has 2 aliphatic heterocycles. The molecule has 0 aliphatic carbocycles. The molecular formula is C8H14O4. The van der Waals surface area contributed by atoms with E-state index in [1.165, 1.54) is 0 Å². The van der Waals surface area contributed by atoms with Gasteiger partial charge in [0.05, 0.1) is 19.8 Å². The topological polar surface area (TPSA) is 47.9 Å². The highest BCUT2D eigenvalue weighted by molar-refractivity contribution is 4.73. The van der Waals surface area contributed by atoms with Gasteiger partial charge in [0.25, 0.3) is 0 Å². The zero-order valence-corrected chi connectivity index (χ0v) is 6.94. The summed E-state index contributed by atoms with van der Waals surface area (Å²) in [6, 6.07) is 0. The van der Waals surface area contributed by atoms with Gasteiger partial charge in [-0.25, -0.2) is 0 Å². The van der Waals surface area contributed by atoms with Crippen molar-refractivity contribution >= 4 is 0 Å². The largest absolute Gasteiger partial charge is 0.394 e. The molecule has 0 spiro atoms. The summed E-state index contributed by atoms with van der Waals surface area (Å²) >= 11 is 0. The molecule has 1 N–H and O–H groups in total. The van der Waals surface area contributed by atoms with E-state index in [0.717, 1.165) is 19.6 Å². The van der Waals surface area contributed by atoms with E-state index < -0.39 is 0 Å². The van der Waals surface area contributed by atoms with Gasteiger partial charge >= 0.3 is 0 Å². The Hall–Kier alpha value is -0.160. The Morgan fingerprint density at radius 1 is 1.33 bits per heavy atom. The Kier molecular flexibility index (Phi) is 2.60. The Bertz CT molecular complexity index is 144. The molecule has 2 fully saturated rings. The molecule has 2 aliphatic rings. The van der Waals surface area contributed by atoms with E-state index in [0.29, 0.717) is 12.5 Å². The number of aliphatic hydroxyl groups excluding tert-OH is 1. The summed E-state index contributed by atoms with van der Waals surface area (Å²) in [5.74, 6) is 0.363. The van der Waals surface area contributed by atoms with Crippen LogP contribution in [0.3, 0.4) is 0 Å². The third-order valence-electron chi connectivity index (χ3n) is 2.33. The molecule has 12 heavy (non-hydrogen) atoms. The van der Waals surface area contributed by atoms with E-state index in [4.69, 9.17) is 19.3 Å². The van der Waals surface area contributed by atoms with Crippen molar-refractivity contribution in [1.29, 1.82) is 0 Å². The van der Waals surface area contributed by atoms with Crippen molar-refractivity contribution in [1.82, 2.24) is 0 Å². The van der Waals surface area contributed by atoms with Crippen LogP contribution in [0.2, 0.25) is 0 Å². The zero-order chi connectivity index (χ0) is 8.39. The number of hydrogen-bond acceptors (Lipinski definition) is 4. The quantitative estimate of drug-likeness (QED) is 0.627. The summed E-state index contributed by atoms with van der Waals surface area (Å²) < 4.78 is 16.0.